The molecule has 3 aromatic rings. The second kappa shape index (κ2) is 6.95. The lowest BCUT2D eigenvalue weighted by Gasteiger charge is -1.98. The number of nitrogens with zero attached hydrogens (tertiary/aromatic N) is 2. The summed E-state index contributed by atoms with van der Waals surface area (Å²) in [6, 6.07) is 7.88. The smallest absolute Gasteiger partial charge is 0.250 e. The number of nitrogens with one attached hydrogen (secondary N) is 1. The van der Waals surface area contributed by atoms with Crippen LogP contribution in [0.5, 0.6) is 0 Å². The average Bonchev–Trinajstić information content (AvgIpc) is 3.16. The topological polar surface area (TPSA) is 54.9 Å². The fourth-order valence-electron chi connectivity index (χ4n) is 1.72. The number of hydrogen-bond donors (Lipinski definition) is 1. The van der Waals surface area contributed by atoms with Gasteiger partial charge in [-0.15, -0.1) is 22.7 Å². The van der Waals surface area contributed by atoms with Crippen LogP contribution < -0.4 is 5.32 Å². The van der Waals surface area contributed by atoms with E-state index in [0.29, 0.717) is 5.13 Å². The molecule has 0 saturated heterocycles. The van der Waals surface area contributed by atoms with E-state index in [9.17, 15) is 4.79 Å². The van der Waals surface area contributed by atoms with Crippen LogP contribution in [0.15, 0.2) is 51.1 Å². The zero-order valence-corrected chi connectivity index (χ0v) is 14.4. The van der Waals surface area contributed by atoms with Gasteiger partial charge in [0.25, 0.3) is 0 Å². The molecule has 4 nitrogen and oxygen atoms in total. The minimum atomic E-state index is -0.219. The Labute approximate surface area is 143 Å². The highest BCUT2D eigenvalue weighted by Crippen LogP contribution is 2.26. The van der Waals surface area contributed by atoms with E-state index in [2.05, 4.69) is 31.2 Å². The zero-order chi connectivity index (χ0) is 15.4. The first-order valence-electron chi connectivity index (χ1n) is 6.29. The Kier molecular flexibility index (Phi) is 4.77. The predicted molar refractivity (Wildman–Crippen MR) is 95.0 cm³/mol. The highest BCUT2D eigenvalue weighted by atomic mass is 79.9. The maximum absolute atomic E-state index is 11.8. The fourth-order valence-corrected chi connectivity index (χ4v) is 3.37. The largest absolute Gasteiger partial charge is 0.298 e. The number of aromatic nitrogens is 2. The molecule has 2 aromatic heterocycles. The van der Waals surface area contributed by atoms with Gasteiger partial charge in [-0.05, 0) is 18.2 Å². The first-order chi connectivity index (χ1) is 10.7. The Morgan fingerprint density at radius 2 is 2.23 bits per heavy atom. The van der Waals surface area contributed by atoms with E-state index < -0.39 is 0 Å². The second-order valence-electron chi connectivity index (χ2n) is 4.28. The summed E-state index contributed by atoms with van der Waals surface area (Å²) in [6.07, 6.45) is 3.13. The number of benzene rings is 1. The fraction of sp³-hybridized carbons (Fsp3) is 0. The first-order valence-corrected chi connectivity index (χ1v) is 8.91. The average molecular weight is 392 g/mol. The molecular formula is C15H10BrN3OS2. The van der Waals surface area contributed by atoms with Gasteiger partial charge in [-0.2, -0.15) is 0 Å². The SMILES string of the molecule is O=C(/C=C/c1cscn1)Nc1nc(-c2cccc(Br)c2)cs1. The number of carbonyl (C=O) groups is 1. The van der Waals surface area contributed by atoms with Crippen LogP contribution in [-0.2, 0) is 4.79 Å². The first kappa shape index (κ1) is 15.1. The van der Waals surface area contributed by atoms with Crippen molar-refractivity contribution in [3.8, 4) is 11.3 Å². The van der Waals surface area contributed by atoms with Crippen LogP contribution in [0.3, 0.4) is 0 Å². The molecule has 1 N–H and O–H groups in total. The lowest BCUT2D eigenvalue weighted by molar-refractivity contribution is -0.111. The molecule has 0 aliphatic carbocycles. The van der Waals surface area contributed by atoms with E-state index in [1.165, 1.54) is 28.7 Å². The van der Waals surface area contributed by atoms with Crippen LogP contribution in [0.4, 0.5) is 5.13 Å². The summed E-state index contributed by atoms with van der Waals surface area (Å²) in [5.41, 5.74) is 4.34. The summed E-state index contributed by atoms with van der Waals surface area (Å²) in [5.74, 6) is -0.219. The van der Waals surface area contributed by atoms with Gasteiger partial charge in [0, 0.05) is 26.9 Å². The third kappa shape index (κ3) is 3.88. The molecule has 0 aliphatic heterocycles. The van der Waals surface area contributed by atoms with E-state index in [1.807, 2.05) is 35.0 Å². The summed E-state index contributed by atoms with van der Waals surface area (Å²) < 4.78 is 0.995. The van der Waals surface area contributed by atoms with Crippen LogP contribution in [-0.4, -0.2) is 15.9 Å². The molecule has 110 valence electrons. The van der Waals surface area contributed by atoms with Crippen molar-refractivity contribution in [1.29, 1.82) is 0 Å². The molecule has 0 atom stereocenters. The van der Waals surface area contributed by atoms with E-state index in [0.717, 1.165) is 21.4 Å². The molecule has 0 aliphatic rings. The van der Waals surface area contributed by atoms with Crippen molar-refractivity contribution < 1.29 is 4.79 Å². The molecule has 0 saturated carbocycles. The van der Waals surface area contributed by atoms with Gasteiger partial charge < -0.3 is 0 Å². The molecule has 7 heteroatoms. The zero-order valence-electron chi connectivity index (χ0n) is 11.2. The Hall–Kier alpha value is -1.83. The maximum atomic E-state index is 11.8. The van der Waals surface area contributed by atoms with Crippen molar-refractivity contribution in [3.05, 3.63) is 56.8 Å². The molecule has 1 aromatic carbocycles. The molecule has 0 bridgehead atoms. The minimum absolute atomic E-state index is 0.219. The number of thiazole rings is 2. The molecule has 3 rings (SSSR count). The van der Waals surface area contributed by atoms with Gasteiger partial charge in [0.1, 0.15) is 0 Å². The molecule has 2 heterocycles. The van der Waals surface area contributed by atoms with Gasteiger partial charge in [-0.3, -0.25) is 10.1 Å². The quantitative estimate of drug-likeness (QED) is 0.656. The molecule has 0 unspecified atom stereocenters. The summed E-state index contributed by atoms with van der Waals surface area (Å²) in [5, 5.41) is 7.12. The van der Waals surface area contributed by atoms with Gasteiger partial charge >= 0.3 is 0 Å². The van der Waals surface area contributed by atoms with Crippen molar-refractivity contribution in [2.75, 3.05) is 5.32 Å². The molecule has 1 amide bonds. The third-order valence-electron chi connectivity index (χ3n) is 2.71. The number of hydrogen-bond acceptors (Lipinski definition) is 5. The minimum Gasteiger partial charge on any atom is -0.298 e. The lowest BCUT2D eigenvalue weighted by atomic mass is 10.2. The van der Waals surface area contributed by atoms with Crippen molar-refractivity contribution >= 4 is 55.7 Å². The van der Waals surface area contributed by atoms with Crippen molar-refractivity contribution in [2.45, 2.75) is 0 Å². The van der Waals surface area contributed by atoms with Gasteiger partial charge in [-0.1, -0.05) is 28.1 Å². The number of anilines is 1. The van der Waals surface area contributed by atoms with Crippen LogP contribution in [0, 0.1) is 0 Å². The summed E-state index contributed by atoms with van der Waals surface area (Å²) in [6.45, 7) is 0. The number of carbonyl (C=O) groups excluding carboxylic acids is 1. The van der Waals surface area contributed by atoms with Gasteiger partial charge in [0.2, 0.25) is 5.91 Å². The Balaban J connectivity index is 1.68. The van der Waals surface area contributed by atoms with E-state index in [4.69, 9.17) is 0 Å². The number of halogens is 1. The van der Waals surface area contributed by atoms with E-state index >= 15 is 0 Å². The van der Waals surface area contributed by atoms with Crippen molar-refractivity contribution in [2.24, 2.45) is 0 Å². The molecular weight excluding hydrogens is 382 g/mol. The van der Waals surface area contributed by atoms with E-state index in [-0.39, 0.29) is 5.91 Å². The van der Waals surface area contributed by atoms with E-state index in [1.54, 1.807) is 11.6 Å². The monoisotopic (exact) mass is 391 g/mol. The Morgan fingerprint density at radius 3 is 3.00 bits per heavy atom. The van der Waals surface area contributed by atoms with Crippen LogP contribution >= 0.6 is 38.6 Å². The van der Waals surface area contributed by atoms with Crippen LogP contribution in [0.2, 0.25) is 0 Å². The van der Waals surface area contributed by atoms with Crippen LogP contribution in [0.25, 0.3) is 17.3 Å². The molecule has 0 spiro atoms. The Morgan fingerprint density at radius 1 is 1.32 bits per heavy atom. The normalized spacial score (nSPS) is 11.0. The molecule has 0 radical (unpaired) electrons. The van der Waals surface area contributed by atoms with Crippen molar-refractivity contribution in [3.63, 3.8) is 0 Å². The summed E-state index contributed by atoms with van der Waals surface area (Å²) in [4.78, 5) is 20.4. The number of rotatable bonds is 4. The van der Waals surface area contributed by atoms with Crippen LogP contribution in [0.1, 0.15) is 5.69 Å². The highest BCUT2D eigenvalue weighted by Gasteiger charge is 2.06. The summed E-state index contributed by atoms with van der Waals surface area (Å²) >= 11 is 6.32. The lowest BCUT2D eigenvalue weighted by Crippen LogP contribution is -2.07. The maximum Gasteiger partial charge on any atom is 0.250 e. The standard InChI is InChI=1S/C15H10BrN3OS2/c16-11-3-1-2-10(6-11)13-8-22-15(18-13)19-14(20)5-4-12-7-21-9-17-12/h1-9H,(H,18,19,20)/b5-4+. The highest BCUT2D eigenvalue weighted by molar-refractivity contribution is 9.10. The third-order valence-corrected chi connectivity index (χ3v) is 4.57. The van der Waals surface area contributed by atoms with Gasteiger partial charge in [0.05, 0.1) is 16.9 Å². The second-order valence-corrected chi connectivity index (χ2v) is 6.78. The predicted octanol–water partition coefficient (Wildman–Crippen LogP) is 4.68. The molecule has 0 fully saturated rings. The van der Waals surface area contributed by atoms with Gasteiger partial charge in [0.15, 0.2) is 5.13 Å². The number of amides is 1. The Bertz CT molecular complexity index is 812. The van der Waals surface area contributed by atoms with Gasteiger partial charge in [-0.25, -0.2) is 9.97 Å². The molecule has 22 heavy (non-hydrogen) atoms. The summed E-state index contributed by atoms with van der Waals surface area (Å²) in [7, 11) is 0. The van der Waals surface area contributed by atoms with Crippen molar-refractivity contribution in [1.82, 2.24) is 9.97 Å².